The molecular formula is C16H26N2O3. The molecule has 1 amide bonds. The van der Waals surface area contributed by atoms with Crippen molar-refractivity contribution in [2.45, 2.75) is 39.7 Å². The minimum absolute atomic E-state index is 0.0190. The summed E-state index contributed by atoms with van der Waals surface area (Å²) >= 11 is 0. The van der Waals surface area contributed by atoms with Gasteiger partial charge in [0.1, 0.15) is 5.76 Å². The van der Waals surface area contributed by atoms with Crippen LogP contribution in [-0.2, 0) is 6.42 Å². The third kappa shape index (κ3) is 3.47. The summed E-state index contributed by atoms with van der Waals surface area (Å²) in [6.07, 6.45) is 1.74. The molecule has 5 heteroatoms. The molecule has 1 N–H and O–H groups in total. The molecule has 5 nitrogen and oxygen atoms in total. The lowest BCUT2D eigenvalue weighted by atomic mass is 10.1. The van der Waals surface area contributed by atoms with E-state index in [4.69, 9.17) is 4.42 Å². The van der Waals surface area contributed by atoms with Gasteiger partial charge in [-0.2, -0.15) is 0 Å². The van der Waals surface area contributed by atoms with Gasteiger partial charge in [-0.3, -0.25) is 9.69 Å². The van der Waals surface area contributed by atoms with E-state index in [9.17, 15) is 9.90 Å². The number of furan rings is 1. The van der Waals surface area contributed by atoms with Gasteiger partial charge in [0.2, 0.25) is 0 Å². The molecule has 0 aliphatic carbocycles. The molecule has 1 saturated heterocycles. The van der Waals surface area contributed by atoms with E-state index in [1.54, 1.807) is 0 Å². The molecule has 0 bridgehead atoms. The van der Waals surface area contributed by atoms with Gasteiger partial charge in [0.15, 0.2) is 5.76 Å². The van der Waals surface area contributed by atoms with Crippen molar-refractivity contribution in [3.05, 3.63) is 23.2 Å². The van der Waals surface area contributed by atoms with E-state index < -0.39 is 0 Å². The predicted octanol–water partition coefficient (Wildman–Crippen LogP) is 1.68. The van der Waals surface area contributed by atoms with Crippen molar-refractivity contribution in [2.75, 3.05) is 32.8 Å². The zero-order valence-electron chi connectivity index (χ0n) is 13.3. The number of rotatable bonds is 5. The van der Waals surface area contributed by atoms with Crippen molar-refractivity contribution in [3.63, 3.8) is 0 Å². The van der Waals surface area contributed by atoms with E-state index in [2.05, 4.69) is 11.8 Å². The molecule has 1 aliphatic rings. The third-order valence-corrected chi connectivity index (χ3v) is 4.35. The molecule has 0 spiro atoms. The minimum Gasteiger partial charge on any atom is -0.456 e. The molecule has 1 aromatic heterocycles. The Labute approximate surface area is 126 Å². The smallest absolute Gasteiger partial charge is 0.289 e. The van der Waals surface area contributed by atoms with Gasteiger partial charge >= 0.3 is 0 Å². The van der Waals surface area contributed by atoms with Crippen molar-refractivity contribution >= 4 is 5.91 Å². The summed E-state index contributed by atoms with van der Waals surface area (Å²) < 4.78 is 5.65. The monoisotopic (exact) mass is 294 g/mol. The molecule has 1 aromatic rings. The van der Waals surface area contributed by atoms with E-state index >= 15 is 0 Å². The van der Waals surface area contributed by atoms with Crippen LogP contribution >= 0.6 is 0 Å². The summed E-state index contributed by atoms with van der Waals surface area (Å²) in [5.41, 5.74) is 1.05. The number of hydrogen-bond acceptors (Lipinski definition) is 4. The van der Waals surface area contributed by atoms with E-state index in [0.29, 0.717) is 18.8 Å². The summed E-state index contributed by atoms with van der Waals surface area (Å²) in [5.74, 6) is 1.32. The fourth-order valence-corrected chi connectivity index (χ4v) is 2.92. The molecule has 2 heterocycles. The summed E-state index contributed by atoms with van der Waals surface area (Å²) in [5, 5.41) is 9.35. The van der Waals surface area contributed by atoms with Gasteiger partial charge in [0.25, 0.3) is 5.91 Å². The highest BCUT2D eigenvalue weighted by Gasteiger charge is 2.27. The maximum absolute atomic E-state index is 12.5. The first-order valence-corrected chi connectivity index (χ1v) is 7.84. The first kappa shape index (κ1) is 16.0. The topological polar surface area (TPSA) is 56.9 Å². The molecule has 1 fully saturated rings. The Balaban J connectivity index is 1.96. The van der Waals surface area contributed by atoms with Crippen LogP contribution in [0.25, 0.3) is 0 Å². The van der Waals surface area contributed by atoms with Crippen LogP contribution in [0, 0.1) is 6.92 Å². The van der Waals surface area contributed by atoms with Crippen molar-refractivity contribution in [2.24, 2.45) is 0 Å². The van der Waals surface area contributed by atoms with Gasteiger partial charge in [-0.25, -0.2) is 0 Å². The molecule has 2 rings (SSSR count). The number of aryl methyl sites for hydroxylation is 2. The molecule has 0 aromatic carbocycles. The second-order valence-electron chi connectivity index (χ2n) is 5.64. The molecule has 118 valence electrons. The summed E-state index contributed by atoms with van der Waals surface area (Å²) in [6, 6.07) is 2.05. The fraction of sp³-hybridized carbons (Fsp3) is 0.688. The maximum Gasteiger partial charge on any atom is 0.289 e. The first-order valence-electron chi connectivity index (χ1n) is 7.84. The zero-order chi connectivity index (χ0) is 15.4. The molecule has 1 unspecified atom stereocenters. The molecule has 0 radical (unpaired) electrons. The van der Waals surface area contributed by atoms with Crippen LogP contribution < -0.4 is 0 Å². The lowest BCUT2D eigenvalue weighted by Crippen LogP contribution is -2.52. The number of carbonyl (C=O) groups excluding carboxylic acids is 1. The number of carbonyl (C=O) groups is 1. The Kier molecular flexibility index (Phi) is 5.42. The third-order valence-electron chi connectivity index (χ3n) is 4.35. The second-order valence-corrected chi connectivity index (χ2v) is 5.64. The van der Waals surface area contributed by atoms with Crippen LogP contribution in [0.4, 0.5) is 0 Å². The van der Waals surface area contributed by atoms with Crippen LogP contribution in [0.1, 0.15) is 42.1 Å². The average molecular weight is 294 g/mol. The van der Waals surface area contributed by atoms with Crippen LogP contribution in [-0.4, -0.2) is 59.6 Å². The zero-order valence-corrected chi connectivity index (χ0v) is 13.3. The van der Waals surface area contributed by atoms with Gasteiger partial charge < -0.3 is 14.4 Å². The Morgan fingerprint density at radius 3 is 2.48 bits per heavy atom. The number of aliphatic hydroxyl groups is 1. The number of amides is 1. The number of nitrogens with zero attached hydrogens (tertiary/aromatic N) is 2. The fourth-order valence-electron chi connectivity index (χ4n) is 2.92. The summed E-state index contributed by atoms with van der Waals surface area (Å²) in [6.45, 7) is 9.27. The normalized spacial score (nSPS) is 18.0. The van der Waals surface area contributed by atoms with Gasteiger partial charge in [-0.15, -0.1) is 0 Å². The van der Waals surface area contributed by atoms with Gasteiger partial charge in [0.05, 0.1) is 6.61 Å². The van der Waals surface area contributed by atoms with Gasteiger partial charge in [-0.05, 0) is 25.0 Å². The SMILES string of the molecule is CCc1oc(C(=O)N2CCN(C(CC)CO)CC2)cc1C. The Morgan fingerprint density at radius 1 is 1.33 bits per heavy atom. The molecule has 0 saturated carbocycles. The highest BCUT2D eigenvalue weighted by Crippen LogP contribution is 2.18. The standard InChI is InChI=1S/C16H26N2O3/c1-4-13(11-19)17-6-8-18(9-7-17)16(20)15-10-12(3)14(5-2)21-15/h10,13,19H,4-9,11H2,1-3H3. The number of piperazine rings is 1. The van der Waals surface area contributed by atoms with E-state index in [-0.39, 0.29) is 18.6 Å². The van der Waals surface area contributed by atoms with Crippen molar-refractivity contribution < 1.29 is 14.3 Å². The van der Waals surface area contributed by atoms with Crippen LogP contribution in [0.5, 0.6) is 0 Å². The Morgan fingerprint density at radius 2 is 2.00 bits per heavy atom. The second kappa shape index (κ2) is 7.09. The molecule has 1 atom stereocenters. The van der Waals surface area contributed by atoms with Crippen LogP contribution in [0.2, 0.25) is 0 Å². The van der Waals surface area contributed by atoms with E-state index in [1.807, 2.05) is 24.8 Å². The van der Waals surface area contributed by atoms with Crippen molar-refractivity contribution in [1.29, 1.82) is 0 Å². The van der Waals surface area contributed by atoms with E-state index in [1.165, 1.54) is 0 Å². The minimum atomic E-state index is -0.0190. The lowest BCUT2D eigenvalue weighted by molar-refractivity contribution is 0.0448. The van der Waals surface area contributed by atoms with Crippen LogP contribution in [0.15, 0.2) is 10.5 Å². The highest BCUT2D eigenvalue weighted by atomic mass is 16.4. The number of hydrogen-bond donors (Lipinski definition) is 1. The average Bonchev–Trinajstić information content (AvgIpc) is 2.89. The maximum atomic E-state index is 12.5. The van der Waals surface area contributed by atoms with Crippen molar-refractivity contribution in [3.8, 4) is 0 Å². The summed E-state index contributed by atoms with van der Waals surface area (Å²) in [7, 11) is 0. The Bertz CT molecular complexity index is 472. The van der Waals surface area contributed by atoms with Gasteiger partial charge in [0, 0.05) is 38.6 Å². The molecular weight excluding hydrogens is 268 g/mol. The molecule has 1 aliphatic heterocycles. The highest BCUT2D eigenvalue weighted by molar-refractivity contribution is 5.91. The lowest BCUT2D eigenvalue weighted by Gasteiger charge is -2.38. The summed E-state index contributed by atoms with van der Waals surface area (Å²) in [4.78, 5) is 16.6. The number of aliphatic hydroxyl groups excluding tert-OH is 1. The first-order chi connectivity index (χ1) is 10.1. The van der Waals surface area contributed by atoms with Gasteiger partial charge in [-0.1, -0.05) is 13.8 Å². The predicted molar refractivity (Wildman–Crippen MR) is 81.5 cm³/mol. The molecule has 21 heavy (non-hydrogen) atoms. The Hall–Kier alpha value is -1.33. The van der Waals surface area contributed by atoms with Crippen LogP contribution in [0.3, 0.4) is 0 Å². The quantitative estimate of drug-likeness (QED) is 0.897. The van der Waals surface area contributed by atoms with E-state index in [0.717, 1.165) is 37.3 Å². The largest absolute Gasteiger partial charge is 0.456 e. The van der Waals surface area contributed by atoms with Crippen molar-refractivity contribution in [1.82, 2.24) is 9.80 Å².